The van der Waals surface area contributed by atoms with Gasteiger partial charge in [0.15, 0.2) is 0 Å². The Morgan fingerprint density at radius 1 is 1.17 bits per heavy atom. The van der Waals surface area contributed by atoms with E-state index >= 15 is 0 Å². The third kappa shape index (κ3) is 3.44. The number of hydrogen-bond acceptors (Lipinski definition) is 3. The Morgan fingerprint density at radius 2 is 1.89 bits per heavy atom. The molecule has 2 N–H and O–H groups in total. The lowest BCUT2D eigenvalue weighted by Crippen LogP contribution is -2.52. The number of nitrogens with zero attached hydrogens (tertiary/aromatic N) is 1. The Morgan fingerprint density at radius 3 is 2.56 bits per heavy atom. The molecule has 18 heavy (non-hydrogen) atoms. The Balaban J connectivity index is 1.97. The Hall–Kier alpha value is -0.170. The largest absolute Gasteiger partial charge is 0.391 e. The van der Waals surface area contributed by atoms with E-state index in [9.17, 15) is 13.5 Å². The quantitative estimate of drug-likeness (QED) is 0.803. The summed E-state index contributed by atoms with van der Waals surface area (Å²) in [5.41, 5.74) is 0. The van der Waals surface area contributed by atoms with E-state index < -0.39 is 16.3 Å². The van der Waals surface area contributed by atoms with Crippen LogP contribution in [-0.2, 0) is 10.2 Å². The van der Waals surface area contributed by atoms with Crippen LogP contribution in [0.1, 0.15) is 45.4 Å². The Labute approximate surface area is 110 Å². The average Bonchev–Trinajstić information content (AvgIpc) is 2.32. The van der Waals surface area contributed by atoms with Crippen LogP contribution in [0.4, 0.5) is 0 Å². The summed E-state index contributed by atoms with van der Waals surface area (Å²) in [5.74, 6) is 0.423. The van der Waals surface area contributed by atoms with E-state index in [-0.39, 0.29) is 6.04 Å². The first-order valence-electron chi connectivity index (χ1n) is 6.94. The number of aliphatic hydroxyl groups excluding tert-OH is 1. The molecule has 2 fully saturated rings. The second-order valence-corrected chi connectivity index (χ2v) is 7.39. The summed E-state index contributed by atoms with van der Waals surface area (Å²) in [6.07, 6.45) is 4.90. The molecule has 0 radical (unpaired) electrons. The maximum atomic E-state index is 12.2. The predicted molar refractivity (Wildman–Crippen MR) is 70.3 cm³/mol. The summed E-state index contributed by atoms with van der Waals surface area (Å²) in [6.45, 7) is 3.28. The molecule has 1 saturated heterocycles. The van der Waals surface area contributed by atoms with Crippen LogP contribution in [-0.4, -0.2) is 43.1 Å². The smallest absolute Gasteiger partial charge is 0.279 e. The van der Waals surface area contributed by atoms with Crippen molar-refractivity contribution in [1.29, 1.82) is 0 Å². The summed E-state index contributed by atoms with van der Waals surface area (Å²) in [5, 5.41) is 9.84. The summed E-state index contributed by atoms with van der Waals surface area (Å²) in [4.78, 5) is 0. The normalized spacial score (nSPS) is 35.6. The van der Waals surface area contributed by atoms with E-state index in [1.54, 1.807) is 0 Å². The van der Waals surface area contributed by atoms with Gasteiger partial charge in [-0.3, -0.25) is 0 Å². The van der Waals surface area contributed by atoms with Gasteiger partial charge in [0.1, 0.15) is 0 Å². The van der Waals surface area contributed by atoms with Crippen LogP contribution >= 0.6 is 0 Å². The molecule has 1 heterocycles. The molecule has 0 aromatic heterocycles. The zero-order valence-electron chi connectivity index (χ0n) is 11.0. The predicted octanol–water partition coefficient (Wildman–Crippen LogP) is 0.856. The zero-order valence-corrected chi connectivity index (χ0v) is 11.8. The minimum absolute atomic E-state index is 0.305. The molecule has 1 saturated carbocycles. The zero-order chi connectivity index (χ0) is 13.2. The number of piperidine rings is 1. The van der Waals surface area contributed by atoms with Gasteiger partial charge in [-0.1, -0.05) is 19.8 Å². The van der Waals surface area contributed by atoms with Crippen molar-refractivity contribution in [3.8, 4) is 0 Å². The fraction of sp³-hybridized carbons (Fsp3) is 1.00. The molecule has 0 amide bonds. The SMILES string of the molecule is CC1CCCN(S(=O)(=O)NC2CCCCC2O)C1. The molecule has 3 atom stereocenters. The molecule has 0 aromatic carbocycles. The van der Waals surface area contributed by atoms with E-state index in [1.807, 2.05) is 0 Å². The van der Waals surface area contributed by atoms with Crippen molar-refractivity contribution < 1.29 is 13.5 Å². The summed E-state index contributed by atoms with van der Waals surface area (Å²) >= 11 is 0. The summed E-state index contributed by atoms with van der Waals surface area (Å²) in [6, 6.07) is -0.305. The van der Waals surface area contributed by atoms with Crippen molar-refractivity contribution in [2.45, 2.75) is 57.6 Å². The van der Waals surface area contributed by atoms with Crippen molar-refractivity contribution in [3.05, 3.63) is 0 Å². The average molecular weight is 276 g/mol. The van der Waals surface area contributed by atoms with Crippen molar-refractivity contribution in [1.82, 2.24) is 9.03 Å². The molecule has 0 bridgehead atoms. The van der Waals surface area contributed by atoms with Crippen molar-refractivity contribution in [2.24, 2.45) is 5.92 Å². The lowest BCUT2D eigenvalue weighted by Gasteiger charge is -2.34. The van der Waals surface area contributed by atoms with Gasteiger partial charge in [-0.05, 0) is 31.6 Å². The molecule has 1 aliphatic carbocycles. The highest BCUT2D eigenvalue weighted by Gasteiger charge is 2.32. The molecule has 106 valence electrons. The molecule has 2 aliphatic rings. The highest BCUT2D eigenvalue weighted by molar-refractivity contribution is 7.87. The minimum atomic E-state index is -3.43. The molecule has 0 aromatic rings. The standard InChI is InChI=1S/C12H24N2O3S/c1-10-5-4-8-14(9-10)18(16,17)13-11-6-2-3-7-12(11)15/h10-13,15H,2-9H2,1H3. The van der Waals surface area contributed by atoms with E-state index in [2.05, 4.69) is 11.6 Å². The first-order valence-corrected chi connectivity index (χ1v) is 8.38. The fourth-order valence-electron chi connectivity index (χ4n) is 2.88. The maximum absolute atomic E-state index is 12.2. The van der Waals surface area contributed by atoms with Gasteiger partial charge in [-0.2, -0.15) is 17.4 Å². The maximum Gasteiger partial charge on any atom is 0.279 e. The monoisotopic (exact) mass is 276 g/mol. The second kappa shape index (κ2) is 5.86. The highest BCUT2D eigenvalue weighted by atomic mass is 32.2. The fourth-order valence-corrected chi connectivity index (χ4v) is 4.51. The third-order valence-corrected chi connectivity index (χ3v) is 5.60. The molecule has 2 rings (SSSR count). The number of rotatable bonds is 3. The Bertz CT molecular complexity index is 372. The molecular formula is C12H24N2O3S. The minimum Gasteiger partial charge on any atom is -0.391 e. The molecule has 3 unspecified atom stereocenters. The molecule has 0 spiro atoms. The van der Waals surface area contributed by atoms with Crippen LogP contribution in [0, 0.1) is 5.92 Å². The number of nitrogens with one attached hydrogen (secondary N) is 1. The van der Waals surface area contributed by atoms with E-state index in [0.29, 0.717) is 25.4 Å². The van der Waals surface area contributed by atoms with Gasteiger partial charge in [-0.25, -0.2) is 0 Å². The van der Waals surface area contributed by atoms with Gasteiger partial charge in [0.25, 0.3) is 10.2 Å². The topological polar surface area (TPSA) is 69.6 Å². The van der Waals surface area contributed by atoms with Crippen LogP contribution in [0.3, 0.4) is 0 Å². The lowest BCUT2D eigenvalue weighted by molar-refractivity contribution is 0.0998. The molecule has 5 nitrogen and oxygen atoms in total. The number of hydrogen-bond donors (Lipinski definition) is 2. The van der Waals surface area contributed by atoms with Gasteiger partial charge < -0.3 is 5.11 Å². The number of aliphatic hydroxyl groups is 1. The third-order valence-electron chi connectivity index (χ3n) is 3.99. The highest BCUT2D eigenvalue weighted by Crippen LogP contribution is 2.22. The van der Waals surface area contributed by atoms with Crippen LogP contribution in [0.15, 0.2) is 0 Å². The van der Waals surface area contributed by atoms with E-state index in [4.69, 9.17) is 0 Å². The first kappa shape index (κ1) is 14.2. The van der Waals surface area contributed by atoms with Crippen molar-refractivity contribution in [3.63, 3.8) is 0 Å². The summed E-state index contributed by atoms with van der Waals surface area (Å²) < 4.78 is 28.7. The van der Waals surface area contributed by atoms with Crippen molar-refractivity contribution >= 4 is 10.2 Å². The van der Waals surface area contributed by atoms with Gasteiger partial charge in [-0.15, -0.1) is 0 Å². The van der Waals surface area contributed by atoms with Crippen LogP contribution in [0.5, 0.6) is 0 Å². The summed E-state index contributed by atoms with van der Waals surface area (Å²) in [7, 11) is -3.43. The van der Waals surface area contributed by atoms with E-state index in [0.717, 1.165) is 32.1 Å². The van der Waals surface area contributed by atoms with Crippen LogP contribution < -0.4 is 4.72 Å². The first-order chi connectivity index (χ1) is 8.49. The van der Waals surface area contributed by atoms with Gasteiger partial charge in [0, 0.05) is 19.1 Å². The van der Waals surface area contributed by atoms with Gasteiger partial charge in [0.05, 0.1) is 6.10 Å². The van der Waals surface area contributed by atoms with Crippen molar-refractivity contribution in [2.75, 3.05) is 13.1 Å². The Kier molecular flexibility index (Phi) is 4.64. The molecule has 6 heteroatoms. The van der Waals surface area contributed by atoms with Crippen LogP contribution in [0.2, 0.25) is 0 Å². The molecule has 1 aliphatic heterocycles. The van der Waals surface area contributed by atoms with E-state index in [1.165, 1.54) is 4.31 Å². The molecular weight excluding hydrogens is 252 g/mol. The lowest BCUT2D eigenvalue weighted by atomic mass is 9.93. The van der Waals surface area contributed by atoms with Gasteiger partial charge >= 0.3 is 0 Å². The van der Waals surface area contributed by atoms with Gasteiger partial charge in [0.2, 0.25) is 0 Å². The van der Waals surface area contributed by atoms with Crippen LogP contribution in [0.25, 0.3) is 0 Å². The second-order valence-electron chi connectivity index (χ2n) is 5.69.